The third-order valence-corrected chi connectivity index (χ3v) is 4.88. The SMILES string of the molecule is C#CCO/N=C1/C[C@@H](c2ccc(OC)cc2)Oc2cc(OC)c(CC=C(C)C)cc21. The van der Waals surface area contributed by atoms with Crippen LogP contribution >= 0.6 is 0 Å². The van der Waals surface area contributed by atoms with Gasteiger partial charge in [0, 0.05) is 18.1 Å². The van der Waals surface area contributed by atoms with Crippen molar-refractivity contribution in [3.05, 3.63) is 64.7 Å². The Labute approximate surface area is 178 Å². The van der Waals surface area contributed by atoms with Gasteiger partial charge in [0.2, 0.25) is 0 Å². The van der Waals surface area contributed by atoms with E-state index in [9.17, 15) is 0 Å². The van der Waals surface area contributed by atoms with Crippen LogP contribution in [0.4, 0.5) is 0 Å². The molecule has 30 heavy (non-hydrogen) atoms. The first-order valence-electron chi connectivity index (χ1n) is 9.83. The summed E-state index contributed by atoms with van der Waals surface area (Å²) in [5.41, 5.74) is 5.03. The summed E-state index contributed by atoms with van der Waals surface area (Å²) in [4.78, 5) is 5.33. The van der Waals surface area contributed by atoms with E-state index in [-0.39, 0.29) is 12.7 Å². The standard InChI is InChI=1S/C25H27NO4/c1-6-13-29-26-22-15-24(18-9-11-20(27-4)12-10-18)30-25-16-23(28-5)19(14-21(22)25)8-7-17(2)3/h1,7,9-12,14,16,24H,8,13,15H2,2-5H3/b26-22-/t24-/m0/s1. The summed E-state index contributed by atoms with van der Waals surface area (Å²) < 4.78 is 17.2. The first-order chi connectivity index (χ1) is 14.5. The van der Waals surface area contributed by atoms with Gasteiger partial charge < -0.3 is 19.0 Å². The van der Waals surface area contributed by atoms with E-state index in [1.165, 1.54) is 5.57 Å². The van der Waals surface area contributed by atoms with Crippen molar-refractivity contribution < 1.29 is 19.0 Å². The first-order valence-corrected chi connectivity index (χ1v) is 9.83. The molecule has 0 saturated carbocycles. The number of allylic oxidation sites excluding steroid dienone is 2. The Bertz CT molecular complexity index is 979. The molecule has 1 heterocycles. The molecule has 156 valence electrons. The lowest BCUT2D eigenvalue weighted by Crippen LogP contribution is -2.22. The normalized spacial score (nSPS) is 16.1. The van der Waals surface area contributed by atoms with E-state index in [0.717, 1.165) is 40.3 Å². The lowest BCUT2D eigenvalue weighted by atomic mass is 9.93. The van der Waals surface area contributed by atoms with Gasteiger partial charge in [0.15, 0.2) is 6.61 Å². The van der Waals surface area contributed by atoms with E-state index < -0.39 is 0 Å². The molecule has 1 atom stereocenters. The van der Waals surface area contributed by atoms with E-state index in [4.69, 9.17) is 25.5 Å². The minimum atomic E-state index is -0.204. The maximum absolute atomic E-state index is 6.34. The number of oxime groups is 1. The molecular weight excluding hydrogens is 378 g/mol. The summed E-state index contributed by atoms with van der Waals surface area (Å²) in [6.07, 6.45) is 8.60. The number of nitrogens with zero attached hydrogens (tertiary/aromatic N) is 1. The Hall–Kier alpha value is -3.39. The third-order valence-electron chi connectivity index (χ3n) is 4.88. The van der Waals surface area contributed by atoms with E-state index in [1.807, 2.05) is 30.3 Å². The second-order valence-corrected chi connectivity index (χ2v) is 7.25. The number of ether oxygens (including phenoxy) is 3. The molecule has 0 spiro atoms. The zero-order valence-corrected chi connectivity index (χ0v) is 17.9. The predicted molar refractivity (Wildman–Crippen MR) is 118 cm³/mol. The van der Waals surface area contributed by atoms with Crippen LogP contribution in [0.5, 0.6) is 17.2 Å². The second-order valence-electron chi connectivity index (χ2n) is 7.25. The average Bonchev–Trinajstić information content (AvgIpc) is 2.77. The monoisotopic (exact) mass is 405 g/mol. The van der Waals surface area contributed by atoms with Crippen LogP contribution in [0.3, 0.4) is 0 Å². The summed E-state index contributed by atoms with van der Waals surface area (Å²) in [5, 5.41) is 4.33. The van der Waals surface area contributed by atoms with Gasteiger partial charge in [-0.3, -0.25) is 0 Å². The van der Waals surface area contributed by atoms with Gasteiger partial charge in [-0.15, -0.1) is 6.42 Å². The lowest BCUT2D eigenvalue weighted by Gasteiger charge is -2.28. The molecule has 2 aromatic rings. The van der Waals surface area contributed by atoms with Gasteiger partial charge >= 0.3 is 0 Å². The number of benzene rings is 2. The first kappa shape index (κ1) is 21.3. The van der Waals surface area contributed by atoms with Gasteiger partial charge in [-0.05, 0) is 49.6 Å². The topological polar surface area (TPSA) is 49.3 Å². The summed E-state index contributed by atoms with van der Waals surface area (Å²) in [6.45, 7) is 4.27. The van der Waals surface area contributed by atoms with Crippen LogP contribution in [0.1, 0.15) is 43.1 Å². The number of terminal acetylenes is 1. The van der Waals surface area contributed by atoms with Crippen LogP contribution in [0, 0.1) is 12.3 Å². The smallest absolute Gasteiger partial charge is 0.177 e. The third kappa shape index (κ3) is 4.96. The molecular formula is C25H27NO4. The average molecular weight is 405 g/mol. The van der Waals surface area contributed by atoms with E-state index in [1.54, 1.807) is 14.2 Å². The molecule has 0 radical (unpaired) electrons. The van der Waals surface area contributed by atoms with Crippen LogP contribution in [0.2, 0.25) is 0 Å². The maximum atomic E-state index is 6.34. The van der Waals surface area contributed by atoms with Crippen molar-refractivity contribution in [1.82, 2.24) is 0 Å². The van der Waals surface area contributed by atoms with Crippen molar-refractivity contribution in [2.75, 3.05) is 20.8 Å². The molecule has 5 heteroatoms. The molecule has 3 rings (SSSR count). The highest BCUT2D eigenvalue weighted by atomic mass is 16.6. The van der Waals surface area contributed by atoms with Crippen LogP contribution in [0.25, 0.3) is 0 Å². The van der Waals surface area contributed by atoms with Crippen molar-refractivity contribution in [3.63, 3.8) is 0 Å². The zero-order valence-electron chi connectivity index (χ0n) is 17.9. The highest BCUT2D eigenvalue weighted by Gasteiger charge is 2.28. The molecule has 0 aromatic heterocycles. The minimum absolute atomic E-state index is 0.119. The van der Waals surface area contributed by atoms with Crippen LogP contribution < -0.4 is 14.2 Å². The van der Waals surface area contributed by atoms with Gasteiger partial charge in [0.05, 0.1) is 19.9 Å². The molecule has 1 aliphatic heterocycles. The number of hydrogen-bond donors (Lipinski definition) is 0. The molecule has 0 unspecified atom stereocenters. The quantitative estimate of drug-likeness (QED) is 0.279. The summed E-state index contributed by atoms with van der Waals surface area (Å²) in [5.74, 6) is 4.74. The van der Waals surface area contributed by atoms with Crippen molar-refractivity contribution in [3.8, 4) is 29.6 Å². The zero-order chi connectivity index (χ0) is 21.5. The Balaban J connectivity index is 2.01. The second kappa shape index (κ2) is 9.89. The molecule has 5 nitrogen and oxygen atoms in total. The molecule has 2 aromatic carbocycles. The van der Waals surface area contributed by atoms with Gasteiger partial charge in [-0.1, -0.05) is 34.9 Å². The van der Waals surface area contributed by atoms with Gasteiger partial charge in [0.25, 0.3) is 0 Å². The van der Waals surface area contributed by atoms with E-state index in [2.05, 4.69) is 37.1 Å². The van der Waals surface area contributed by atoms with Crippen LogP contribution in [0.15, 0.2) is 53.2 Å². The summed E-state index contributed by atoms with van der Waals surface area (Å²) in [7, 11) is 3.32. The Morgan fingerprint density at radius 1 is 1.20 bits per heavy atom. The van der Waals surface area contributed by atoms with E-state index in [0.29, 0.717) is 12.2 Å². The lowest BCUT2D eigenvalue weighted by molar-refractivity contribution is 0.170. The predicted octanol–water partition coefficient (Wildman–Crippen LogP) is 5.09. The molecule has 0 saturated heterocycles. The van der Waals surface area contributed by atoms with Crippen molar-refractivity contribution in [2.24, 2.45) is 5.16 Å². The fourth-order valence-corrected chi connectivity index (χ4v) is 3.31. The summed E-state index contributed by atoms with van der Waals surface area (Å²) >= 11 is 0. The molecule has 0 aliphatic carbocycles. The molecule has 0 bridgehead atoms. The summed E-state index contributed by atoms with van der Waals surface area (Å²) in [6, 6.07) is 11.8. The Morgan fingerprint density at radius 3 is 2.60 bits per heavy atom. The Morgan fingerprint density at radius 2 is 1.97 bits per heavy atom. The molecule has 0 N–H and O–H groups in total. The molecule has 1 aliphatic rings. The highest BCUT2D eigenvalue weighted by molar-refractivity contribution is 6.04. The highest BCUT2D eigenvalue weighted by Crippen LogP contribution is 2.39. The van der Waals surface area contributed by atoms with E-state index >= 15 is 0 Å². The number of methoxy groups -OCH3 is 2. The van der Waals surface area contributed by atoms with Crippen LogP contribution in [-0.4, -0.2) is 26.5 Å². The number of fused-ring (bicyclic) bond motifs is 1. The number of rotatable bonds is 7. The van der Waals surface area contributed by atoms with Crippen LogP contribution in [-0.2, 0) is 11.3 Å². The maximum Gasteiger partial charge on any atom is 0.177 e. The fraction of sp³-hybridized carbons (Fsp3) is 0.320. The van der Waals surface area contributed by atoms with Gasteiger partial charge in [-0.25, -0.2) is 0 Å². The minimum Gasteiger partial charge on any atom is -0.497 e. The molecule has 0 fully saturated rings. The van der Waals surface area contributed by atoms with Gasteiger partial charge in [0.1, 0.15) is 23.4 Å². The largest absolute Gasteiger partial charge is 0.497 e. The van der Waals surface area contributed by atoms with Crippen molar-refractivity contribution in [1.29, 1.82) is 0 Å². The van der Waals surface area contributed by atoms with Gasteiger partial charge in [-0.2, -0.15) is 0 Å². The van der Waals surface area contributed by atoms with Crippen molar-refractivity contribution in [2.45, 2.75) is 32.8 Å². The molecule has 0 amide bonds. The Kier molecular flexibility index (Phi) is 7.03. The fourth-order valence-electron chi connectivity index (χ4n) is 3.31. The van der Waals surface area contributed by atoms with Crippen molar-refractivity contribution >= 4 is 5.71 Å². The number of hydrogen-bond acceptors (Lipinski definition) is 5.